The van der Waals surface area contributed by atoms with E-state index < -0.39 is 11.9 Å². The highest BCUT2D eigenvalue weighted by Crippen LogP contribution is 2.31. The maximum absolute atomic E-state index is 12.4. The molecule has 0 radical (unpaired) electrons. The number of nitrogens with two attached hydrogens (primary N) is 1. The maximum atomic E-state index is 12.4. The number of aromatic amines is 1. The van der Waals surface area contributed by atoms with E-state index in [-0.39, 0.29) is 6.54 Å². The average Bonchev–Trinajstić information content (AvgIpc) is 2.59. The topological polar surface area (TPSA) is 41.8 Å². The Hall–Kier alpha value is -1.49. The van der Waals surface area contributed by atoms with E-state index in [1.807, 2.05) is 0 Å². The summed E-state index contributed by atoms with van der Waals surface area (Å²) in [7, 11) is 0. The molecule has 0 bridgehead atoms. The zero-order valence-corrected chi connectivity index (χ0v) is 7.73. The Balaban J connectivity index is 2.65. The number of halogens is 3. The van der Waals surface area contributed by atoms with Crippen LogP contribution in [0.15, 0.2) is 24.3 Å². The number of hydrogen-bond donors (Lipinski definition) is 2. The van der Waals surface area contributed by atoms with Crippen molar-refractivity contribution in [2.24, 2.45) is 5.73 Å². The SMILES string of the molecule is NCc1cccc2cc(C(F)(F)F)[nH]c12. The lowest BCUT2D eigenvalue weighted by atomic mass is 10.1. The molecule has 0 unspecified atom stereocenters. The summed E-state index contributed by atoms with van der Waals surface area (Å²) < 4.78 is 37.2. The lowest BCUT2D eigenvalue weighted by molar-refractivity contribution is -0.140. The molecule has 0 aliphatic carbocycles. The second kappa shape index (κ2) is 3.27. The molecule has 2 rings (SSSR count). The lowest BCUT2D eigenvalue weighted by Crippen LogP contribution is -2.05. The van der Waals surface area contributed by atoms with Crippen molar-refractivity contribution in [1.82, 2.24) is 4.98 Å². The molecule has 3 N–H and O–H groups in total. The van der Waals surface area contributed by atoms with Crippen LogP contribution in [0.25, 0.3) is 10.9 Å². The molecule has 0 atom stereocenters. The van der Waals surface area contributed by atoms with Crippen LogP contribution in [0.3, 0.4) is 0 Å². The highest BCUT2D eigenvalue weighted by atomic mass is 19.4. The molecular formula is C10H9F3N2. The smallest absolute Gasteiger partial charge is 0.351 e. The van der Waals surface area contributed by atoms with Crippen molar-refractivity contribution in [3.05, 3.63) is 35.5 Å². The zero-order chi connectivity index (χ0) is 11.1. The van der Waals surface area contributed by atoms with Gasteiger partial charge in [0.05, 0.1) is 5.52 Å². The van der Waals surface area contributed by atoms with Crippen LogP contribution in [0.5, 0.6) is 0 Å². The van der Waals surface area contributed by atoms with Gasteiger partial charge in [0, 0.05) is 11.9 Å². The largest absolute Gasteiger partial charge is 0.431 e. The fourth-order valence-corrected chi connectivity index (χ4v) is 1.54. The molecule has 80 valence electrons. The van der Waals surface area contributed by atoms with Gasteiger partial charge in [-0.05, 0) is 11.6 Å². The highest BCUT2D eigenvalue weighted by molar-refractivity contribution is 5.83. The number of aromatic nitrogens is 1. The van der Waals surface area contributed by atoms with E-state index >= 15 is 0 Å². The van der Waals surface area contributed by atoms with Gasteiger partial charge in [-0.2, -0.15) is 13.2 Å². The number of para-hydroxylation sites is 1. The molecule has 2 nitrogen and oxygen atoms in total. The van der Waals surface area contributed by atoms with Gasteiger partial charge >= 0.3 is 6.18 Å². The van der Waals surface area contributed by atoms with Crippen LogP contribution in [0.1, 0.15) is 11.3 Å². The second-order valence-corrected chi connectivity index (χ2v) is 3.27. The summed E-state index contributed by atoms with van der Waals surface area (Å²) in [5.74, 6) is 0. The monoisotopic (exact) mass is 214 g/mol. The maximum Gasteiger partial charge on any atom is 0.431 e. The van der Waals surface area contributed by atoms with E-state index in [0.717, 1.165) is 6.07 Å². The Kier molecular flexibility index (Phi) is 2.19. The van der Waals surface area contributed by atoms with Crippen LogP contribution < -0.4 is 5.73 Å². The molecule has 0 amide bonds. The third-order valence-corrected chi connectivity index (χ3v) is 2.27. The van der Waals surface area contributed by atoms with Crippen molar-refractivity contribution in [2.75, 3.05) is 0 Å². The third kappa shape index (κ3) is 1.70. The Labute approximate surface area is 83.9 Å². The van der Waals surface area contributed by atoms with Gasteiger partial charge in [-0.1, -0.05) is 18.2 Å². The van der Waals surface area contributed by atoms with E-state index in [1.165, 1.54) is 0 Å². The Morgan fingerprint density at radius 1 is 1.27 bits per heavy atom. The van der Waals surface area contributed by atoms with Gasteiger partial charge in [0.15, 0.2) is 0 Å². The Morgan fingerprint density at radius 2 is 2.00 bits per heavy atom. The molecule has 0 saturated heterocycles. The number of hydrogen-bond acceptors (Lipinski definition) is 1. The van der Waals surface area contributed by atoms with Crippen molar-refractivity contribution >= 4 is 10.9 Å². The van der Waals surface area contributed by atoms with Crippen LogP contribution in [0.4, 0.5) is 13.2 Å². The highest BCUT2D eigenvalue weighted by Gasteiger charge is 2.32. The first-order valence-corrected chi connectivity index (χ1v) is 4.40. The third-order valence-electron chi connectivity index (χ3n) is 2.27. The zero-order valence-electron chi connectivity index (χ0n) is 7.73. The van der Waals surface area contributed by atoms with Crippen molar-refractivity contribution in [1.29, 1.82) is 0 Å². The van der Waals surface area contributed by atoms with Gasteiger partial charge in [-0.3, -0.25) is 0 Å². The number of H-pyrrole nitrogens is 1. The number of rotatable bonds is 1. The van der Waals surface area contributed by atoms with Crippen LogP contribution in [-0.4, -0.2) is 4.98 Å². The van der Waals surface area contributed by atoms with Gasteiger partial charge in [0.1, 0.15) is 5.69 Å². The van der Waals surface area contributed by atoms with Crippen LogP contribution in [0.2, 0.25) is 0 Å². The van der Waals surface area contributed by atoms with Gasteiger partial charge in [-0.15, -0.1) is 0 Å². The minimum Gasteiger partial charge on any atom is -0.351 e. The summed E-state index contributed by atoms with van der Waals surface area (Å²) in [4.78, 5) is 2.35. The second-order valence-electron chi connectivity index (χ2n) is 3.27. The van der Waals surface area contributed by atoms with Gasteiger partial charge in [-0.25, -0.2) is 0 Å². The molecule has 1 heterocycles. The van der Waals surface area contributed by atoms with E-state index in [4.69, 9.17) is 5.73 Å². The molecule has 1 aromatic carbocycles. The molecule has 0 saturated carbocycles. The fourth-order valence-electron chi connectivity index (χ4n) is 1.54. The fraction of sp³-hybridized carbons (Fsp3) is 0.200. The normalized spacial score (nSPS) is 12.3. The van der Waals surface area contributed by atoms with Gasteiger partial charge < -0.3 is 10.7 Å². The van der Waals surface area contributed by atoms with Crippen molar-refractivity contribution in [3.8, 4) is 0 Å². The minimum atomic E-state index is -4.34. The predicted octanol–water partition coefficient (Wildman–Crippen LogP) is 2.65. The summed E-state index contributed by atoms with van der Waals surface area (Å²) >= 11 is 0. The first-order chi connectivity index (χ1) is 7.02. The first kappa shape index (κ1) is 10.0. The number of fused-ring (bicyclic) bond motifs is 1. The van der Waals surface area contributed by atoms with E-state index in [1.54, 1.807) is 18.2 Å². The summed E-state index contributed by atoms with van der Waals surface area (Å²) in [5, 5.41) is 0.533. The van der Waals surface area contributed by atoms with Crippen molar-refractivity contribution < 1.29 is 13.2 Å². The first-order valence-electron chi connectivity index (χ1n) is 4.40. The molecule has 0 fully saturated rings. The summed E-state index contributed by atoms with van der Waals surface area (Å²) in [5.41, 5.74) is 5.84. The number of nitrogens with one attached hydrogen (secondary N) is 1. The molecule has 2 aromatic rings. The summed E-state index contributed by atoms with van der Waals surface area (Å²) in [6.45, 7) is 0.217. The minimum absolute atomic E-state index is 0.217. The standard InChI is InChI=1S/C10H9F3N2/c11-10(12,13)8-4-6-2-1-3-7(5-14)9(6)15-8/h1-4,15H,5,14H2. The van der Waals surface area contributed by atoms with Crippen molar-refractivity contribution in [2.45, 2.75) is 12.7 Å². The van der Waals surface area contributed by atoms with Gasteiger partial charge in [0.2, 0.25) is 0 Å². The molecule has 5 heteroatoms. The average molecular weight is 214 g/mol. The van der Waals surface area contributed by atoms with Crippen molar-refractivity contribution in [3.63, 3.8) is 0 Å². The molecule has 0 aliphatic rings. The van der Waals surface area contributed by atoms with Crippen LogP contribution in [-0.2, 0) is 12.7 Å². The summed E-state index contributed by atoms with van der Waals surface area (Å²) in [6.07, 6.45) is -4.34. The van der Waals surface area contributed by atoms with Crippen LogP contribution in [0, 0.1) is 0 Å². The Bertz CT molecular complexity index is 485. The molecule has 1 aromatic heterocycles. The predicted molar refractivity (Wildman–Crippen MR) is 51.2 cm³/mol. The van der Waals surface area contributed by atoms with E-state index in [9.17, 15) is 13.2 Å². The molecular weight excluding hydrogens is 205 g/mol. The number of alkyl halides is 3. The van der Waals surface area contributed by atoms with Crippen LogP contribution >= 0.6 is 0 Å². The molecule has 0 spiro atoms. The molecule has 15 heavy (non-hydrogen) atoms. The molecule has 0 aliphatic heterocycles. The quantitative estimate of drug-likeness (QED) is 0.752. The van der Waals surface area contributed by atoms with Gasteiger partial charge in [0.25, 0.3) is 0 Å². The summed E-state index contributed by atoms with van der Waals surface area (Å²) in [6, 6.07) is 6.12. The number of benzene rings is 1. The lowest BCUT2D eigenvalue weighted by Gasteiger charge is -2.01. The Morgan fingerprint density at radius 3 is 2.60 bits per heavy atom. The van der Waals surface area contributed by atoms with E-state index in [2.05, 4.69) is 4.98 Å². The van der Waals surface area contributed by atoms with E-state index in [0.29, 0.717) is 16.5 Å².